The third kappa shape index (κ3) is 4.92. The minimum atomic E-state index is -0.976. The second-order valence-corrected chi connectivity index (χ2v) is 6.13. The molecule has 1 atom stereocenters. The largest absolute Gasteiger partial charge is 0.478 e. The van der Waals surface area contributed by atoms with Crippen molar-refractivity contribution in [2.24, 2.45) is 5.92 Å². The molecule has 2 aromatic rings. The van der Waals surface area contributed by atoms with Crippen LogP contribution in [0.25, 0.3) is 0 Å². The van der Waals surface area contributed by atoms with Gasteiger partial charge in [0.15, 0.2) is 0 Å². The van der Waals surface area contributed by atoms with E-state index in [1.54, 1.807) is 4.68 Å². The molecule has 1 amide bonds. The number of likely N-dealkylation sites (tertiary alicyclic amines) is 1. The first kappa shape index (κ1) is 18.7. The van der Waals surface area contributed by atoms with Crippen molar-refractivity contribution < 1.29 is 14.7 Å². The molecular weight excluding hydrogens is 318 g/mol. The summed E-state index contributed by atoms with van der Waals surface area (Å²) in [5.41, 5.74) is 2.32. The normalized spacial score (nSPS) is 16.5. The van der Waals surface area contributed by atoms with Gasteiger partial charge in [0.05, 0.1) is 18.3 Å². The minimum Gasteiger partial charge on any atom is -0.478 e. The van der Waals surface area contributed by atoms with Crippen LogP contribution in [0, 0.1) is 5.92 Å². The zero-order valence-corrected chi connectivity index (χ0v) is 15.0. The van der Waals surface area contributed by atoms with Gasteiger partial charge in [-0.15, -0.1) is 0 Å². The van der Waals surface area contributed by atoms with E-state index in [4.69, 9.17) is 5.11 Å². The highest BCUT2D eigenvalue weighted by Crippen LogP contribution is 2.19. The molecule has 0 bridgehead atoms. The number of carboxylic acids is 1. The van der Waals surface area contributed by atoms with Crippen molar-refractivity contribution in [1.29, 1.82) is 0 Å². The Bertz CT molecular complexity index is 722. The number of carboxylic acid groups (broad SMARTS) is 1. The van der Waals surface area contributed by atoms with Crippen molar-refractivity contribution in [3.8, 4) is 0 Å². The van der Waals surface area contributed by atoms with Gasteiger partial charge in [-0.25, -0.2) is 4.79 Å². The average molecular weight is 343 g/mol. The van der Waals surface area contributed by atoms with Gasteiger partial charge in [0, 0.05) is 25.7 Å². The summed E-state index contributed by atoms with van der Waals surface area (Å²) in [5, 5.41) is 12.9. The molecule has 0 spiro atoms. The summed E-state index contributed by atoms with van der Waals surface area (Å²) in [6.45, 7) is 8.09. The second kappa shape index (κ2) is 8.46. The van der Waals surface area contributed by atoms with E-state index in [0.29, 0.717) is 25.4 Å². The second-order valence-electron chi connectivity index (χ2n) is 6.13. The maximum atomic E-state index is 11.8. The summed E-state index contributed by atoms with van der Waals surface area (Å²) in [7, 11) is 0. The molecule has 0 radical (unpaired) electrons. The third-order valence-corrected chi connectivity index (χ3v) is 4.03. The Balaban J connectivity index is 0.00000109. The number of rotatable bonds is 5. The summed E-state index contributed by atoms with van der Waals surface area (Å²) in [6, 6.07) is 7.99. The van der Waals surface area contributed by atoms with E-state index < -0.39 is 5.97 Å². The lowest BCUT2D eigenvalue weighted by molar-refractivity contribution is -0.128. The molecule has 0 aliphatic carbocycles. The molecule has 1 aliphatic rings. The predicted molar refractivity (Wildman–Crippen MR) is 95.3 cm³/mol. The lowest BCUT2D eigenvalue weighted by Gasteiger charge is -2.16. The Morgan fingerprint density at radius 3 is 2.28 bits per heavy atom. The van der Waals surface area contributed by atoms with Crippen LogP contribution in [0.2, 0.25) is 0 Å². The van der Waals surface area contributed by atoms with E-state index in [2.05, 4.69) is 12.0 Å². The Kier molecular flexibility index (Phi) is 6.33. The molecule has 0 unspecified atom stereocenters. The van der Waals surface area contributed by atoms with Crippen molar-refractivity contribution >= 4 is 11.9 Å². The zero-order chi connectivity index (χ0) is 18.4. The number of nitrogens with zero attached hydrogens (tertiary/aromatic N) is 3. The van der Waals surface area contributed by atoms with Gasteiger partial charge in [0.2, 0.25) is 5.91 Å². The lowest BCUT2D eigenvalue weighted by atomic mass is 10.1. The van der Waals surface area contributed by atoms with Crippen LogP contribution in [0.3, 0.4) is 0 Å². The molecule has 6 nitrogen and oxygen atoms in total. The standard InChI is InChI=1S/C17H19N3O3.C2H6/c1-12-6-16(21)19(8-12)9-13-2-4-14(5-3-13)10-20-11-15(7-18-20)17(22)23;1-2/h2-5,7,11-12H,6,8-10H2,1H3,(H,22,23);1-2H3/t12-;/m0./s1. The van der Waals surface area contributed by atoms with Gasteiger partial charge >= 0.3 is 5.97 Å². The lowest BCUT2D eigenvalue weighted by Crippen LogP contribution is -2.24. The number of hydrogen-bond donors (Lipinski definition) is 1. The molecule has 1 fully saturated rings. The van der Waals surface area contributed by atoms with E-state index in [1.807, 2.05) is 43.0 Å². The molecule has 134 valence electrons. The highest BCUT2D eigenvalue weighted by atomic mass is 16.4. The number of carbonyl (C=O) groups is 2. The molecule has 25 heavy (non-hydrogen) atoms. The van der Waals surface area contributed by atoms with Gasteiger partial charge in [0.1, 0.15) is 0 Å². The molecule has 1 saturated heterocycles. The summed E-state index contributed by atoms with van der Waals surface area (Å²) in [4.78, 5) is 24.6. The molecule has 0 saturated carbocycles. The fourth-order valence-corrected chi connectivity index (χ4v) is 2.84. The first-order valence-electron chi connectivity index (χ1n) is 8.62. The van der Waals surface area contributed by atoms with Crippen molar-refractivity contribution in [3.05, 3.63) is 53.3 Å². The summed E-state index contributed by atoms with van der Waals surface area (Å²) >= 11 is 0. The van der Waals surface area contributed by atoms with E-state index >= 15 is 0 Å². The summed E-state index contributed by atoms with van der Waals surface area (Å²) in [6.07, 6.45) is 3.50. The average Bonchev–Trinajstić information content (AvgIpc) is 3.18. The molecule has 1 aromatic heterocycles. The van der Waals surface area contributed by atoms with Crippen molar-refractivity contribution in [1.82, 2.24) is 14.7 Å². The molecule has 1 N–H and O–H groups in total. The molecule has 1 aromatic carbocycles. The number of amides is 1. The Hall–Kier alpha value is -2.63. The third-order valence-electron chi connectivity index (χ3n) is 4.03. The van der Waals surface area contributed by atoms with Gasteiger partial charge < -0.3 is 10.0 Å². The van der Waals surface area contributed by atoms with Crippen LogP contribution in [0.15, 0.2) is 36.7 Å². The fraction of sp³-hybridized carbons (Fsp3) is 0.421. The van der Waals surface area contributed by atoms with Crippen molar-refractivity contribution in [2.75, 3.05) is 6.54 Å². The van der Waals surface area contributed by atoms with Gasteiger partial charge in [-0.1, -0.05) is 45.0 Å². The SMILES string of the molecule is CC.C[C@H]1CC(=O)N(Cc2ccc(Cn3cc(C(=O)O)cn3)cc2)C1. The quantitative estimate of drug-likeness (QED) is 0.905. The van der Waals surface area contributed by atoms with Gasteiger partial charge in [-0.3, -0.25) is 9.48 Å². The van der Waals surface area contributed by atoms with Crippen molar-refractivity contribution in [3.63, 3.8) is 0 Å². The predicted octanol–water partition coefficient (Wildman–Crippen LogP) is 3.02. The van der Waals surface area contributed by atoms with E-state index in [-0.39, 0.29) is 11.5 Å². The fourth-order valence-electron chi connectivity index (χ4n) is 2.84. The van der Waals surface area contributed by atoms with Crippen LogP contribution in [-0.4, -0.2) is 38.2 Å². The smallest absolute Gasteiger partial charge is 0.338 e. The molecule has 1 aliphatic heterocycles. The number of aromatic nitrogens is 2. The monoisotopic (exact) mass is 343 g/mol. The van der Waals surface area contributed by atoms with Crippen LogP contribution in [-0.2, 0) is 17.9 Å². The molecule has 6 heteroatoms. The van der Waals surface area contributed by atoms with Gasteiger partial charge in [-0.05, 0) is 17.0 Å². The Morgan fingerprint density at radius 1 is 1.20 bits per heavy atom. The van der Waals surface area contributed by atoms with Crippen LogP contribution in [0.4, 0.5) is 0 Å². The van der Waals surface area contributed by atoms with Crippen LogP contribution >= 0.6 is 0 Å². The summed E-state index contributed by atoms with van der Waals surface area (Å²) < 4.78 is 1.60. The Labute approximate surface area is 148 Å². The number of aromatic carboxylic acids is 1. The highest BCUT2D eigenvalue weighted by molar-refractivity contribution is 5.86. The zero-order valence-electron chi connectivity index (χ0n) is 15.0. The van der Waals surface area contributed by atoms with E-state index in [1.165, 1.54) is 12.4 Å². The Morgan fingerprint density at radius 2 is 1.80 bits per heavy atom. The number of hydrogen-bond acceptors (Lipinski definition) is 3. The van der Waals surface area contributed by atoms with Crippen LogP contribution in [0.1, 0.15) is 48.7 Å². The maximum absolute atomic E-state index is 11.8. The molecule has 2 heterocycles. The van der Waals surface area contributed by atoms with Gasteiger partial charge in [0.25, 0.3) is 0 Å². The molecular formula is C19H25N3O3. The van der Waals surface area contributed by atoms with Crippen molar-refractivity contribution in [2.45, 2.75) is 40.3 Å². The summed E-state index contributed by atoms with van der Waals surface area (Å²) in [5.74, 6) is -0.319. The van der Waals surface area contributed by atoms with Crippen LogP contribution in [0.5, 0.6) is 0 Å². The maximum Gasteiger partial charge on any atom is 0.338 e. The van der Waals surface area contributed by atoms with E-state index in [0.717, 1.165) is 17.7 Å². The highest BCUT2D eigenvalue weighted by Gasteiger charge is 2.26. The van der Waals surface area contributed by atoms with E-state index in [9.17, 15) is 9.59 Å². The number of benzene rings is 1. The molecule has 3 rings (SSSR count). The van der Waals surface area contributed by atoms with Crippen LogP contribution < -0.4 is 0 Å². The number of carbonyl (C=O) groups excluding carboxylic acids is 1. The van der Waals surface area contributed by atoms with Gasteiger partial charge in [-0.2, -0.15) is 5.10 Å². The minimum absolute atomic E-state index is 0.184. The topological polar surface area (TPSA) is 75.4 Å². The first-order chi connectivity index (χ1) is 12.0. The first-order valence-corrected chi connectivity index (χ1v) is 8.62.